The van der Waals surface area contributed by atoms with E-state index < -0.39 is 59.4 Å². The van der Waals surface area contributed by atoms with Gasteiger partial charge in [0.25, 0.3) is 0 Å². The smallest absolute Gasteiger partial charge is 0.318 e. The summed E-state index contributed by atoms with van der Waals surface area (Å²) in [7, 11) is 0. The molecule has 2 heterocycles. The van der Waals surface area contributed by atoms with Crippen LogP contribution in [0.25, 0.3) is 0 Å². The first-order chi connectivity index (χ1) is 8.59. The Kier molecular flexibility index (Phi) is 1.60. The molecule has 6 nitrogen and oxygen atoms in total. The van der Waals surface area contributed by atoms with Crippen molar-refractivity contribution < 1.29 is 28.7 Å². The van der Waals surface area contributed by atoms with Gasteiger partial charge < -0.3 is 9.47 Å². The Labute approximate surface area is 101 Å². The van der Waals surface area contributed by atoms with E-state index in [0.717, 1.165) is 0 Å². The molecule has 0 radical (unpaired) electrons. The van der Waals surface area contributed by atoms with E-state index in [1.165, 1.54) is 0 Å². The van der Waals surface area contributed by atoms with Crippen molar-refractivity contribution in [2.24, 2.45) is 35.5 Å². The summed E-state index contributed by atoms with van der Waals surface area (Å²) in [6.07, 6.45) is 3.49. The van der Waals surface area contributed by atoms with E-state index in [1.807, 2.05) is 0 Å². The van der Waals surface area contributed by atoms with E-state index in [1.54, 1.807) is 12.2 Å². The number of esters is 4. The van der Waals surface area contributed by atoms with Gasteiger partial charge in [0.05, 0.1) is 23.7 Å². The third kappa shape index (κ3) is 0.913. The molecule has 0 aromatic rings. The molecule has 5 aliphatic rings. The quantitative estimate of drug-likeness (QED) is 0.324. The van der Waals surface area contributed by atoms with Gasteiger partial charge in [0.1, 0.15) is 0 Å². The molecule has 2 aliphatic heterocycles. The number of carbonyl (C=O) groups is 4. The van der Waals surface area contributed by atoms with Crippen molar-refractivity contribution >= 4 is 23.9 Å². The Bertz CT molecular complexity index is 459. The lowest BCUT2D eigenvalue weighted by molar-refractivity contribution is -0.154. The van der Waals surface area contributed by atoms with Crippen LogP contribution in [-0.2, 0) is 28.7 Å². The molecule has 6 heteroatoms. The van der Waals surface area contributed by atoms with Crippen molar-refractivity contribution in [3.05, 3.63) is 12.2 Å². The highest BCUT2D eigenvalue weighted by Crippen LogP contribution is 2.56. The number of allylic oxidation sites excluding steroid dienone is 2. The highest BCUT2D eigenvalue weighted by molar-refractivity contribution is 6.03. The molecule has 2 bridgehead atoms. The lowest BCUT2D eigenvalue weighted by Crippen LogP contribution is -2.50. The van der Waals surface area contributed by atoms with Crippen LogP contribution in [0.3, 0.4) is 0 Å². The van der Waals surface area contributed by atoms with Crippen LogP contribution < -0.4 is 0 Å². The largest absolute Gasteiger partial charge is 0.393 e. The molecule has 92 valence electrons. The predicted octanol–water partition coefficient (Wildman–Crippen LogP) is -0.566. The minimum absolute atomic E-state index is 0.456. The van der Waals surface area contributed by atoms with Crippen molar-refractivity contribution in [2.75, 3.05) is 0 Å². The van der Waals surface area contributed by atoms with Crippen LogP contribution in [0.2, 0.25) is 0 Å². The summed E-state index contributed by atoms with van der Waals surface area (Å²) in [4.78, 5) is 46.7. The summed E-state index contributed by atoms with van der Waals surface area (Å²) >= 11 is 0. The number of rotatable bonds is 0. The van der Waals surface area contributed by atoms with Gasteiger partial charge in [-0.3, -0.25) is 19.2 Å². The zero-order valence-electron chi connectivity index (χ0n) is 9.07. The first-order valence-electron chi connectivity index (χ1n) is 5.79. The van der Waals surface area contributed by atoms with Crippen LogP contribution in [-0.4, -0.2) is 23.9 Å². The van der Waals surface area contributed by atoms with Gasteiger partial charge in [-0.25, -0.2) is 0 Å². The molecule has 3 aliphatic carbocycles. The van der Waals surface area contributed by atoms with Crippen LogP contribution >= 0.6 is 0 Å². The SMILES string of the molecule is O=C1OC(=O)[C@@H]2C3C=CC([C@@H]12)[C@H]1C(=O)OC(=O)[C@H]31. The molecule has 0 unspecified atom stereocenters. The van der Waals surface area contributed by atoms with Gasteiger partial charge in [0.15, 0.2) is 0 Å². The topological polar surface area (TPSA) is 86.7 Å². The third-order valence-corrected chi connectivity index (χ3v) is 4.48. The van der Waals surface area contributed by atoms with Gasteiger partial charge in [-0.15, -0.1) is 0 Å². The first kappa shape index (κ1) is 9.99. The average molecular weight is 248 g/mol. The maximum atomic E-state index is 11.7. The van der Waals surface area contributed by atoms with Gasteiger partial charge in [-0.05, 0) is 0 Å². The van der Waals surface area contributed by atoms with Crippen LogP contribution in [0.4, 0.5) is 0 Å². The molecular weight excluding hydrogens is 240 g/mol. The van der Waals surface area contributed by atoms with E-state index in [-0.39, 0.29) is 0 Å². The number of carbonyl (C=O) groups excluding carboxylic acids is 4. The van der Waals surface area contributed by atoms with Crippen LogP contribution in [0, 0.1) is 35.5 Å². The van der Waals surface area contributed by atoms with Gasteiger partial charge in [0.2, 0.25) is 0 Å². The second-order valence-corrected chi connectivity index (χ2v) is 5.12. The second kappa shape index (κ2) is 2.88. The van der Waals surface area contributed by atoms with E-state index >= 15 is 0 Å². The van der Waals surface area contributed by atoms with Gasteiger partial charge in [-0.1, -0.05) is 12.2 Å². The van der Waals surface area contributed by atoms with Crippen molar-refractivity contribution in [3.63, 3.8) is 0 Å². The van der Waals surface area contributed by atoms with Crippen LogP contribution in [0.1, 0.15) is 0 Å². The summed E-state index contributed by atoms with van der Waals surface area (Å²) in [5, 5.41) is 0. The minimum Gasteiger partial charge on any atom is -0.393 e. The molecule has 1 saturated carbocycles. The number of ether oxygens (including phenoxy) is 2. The Morgan fingerprint density at radius 2 is 0.889 bits per heavy atom. The van der Waals surface area contributed by atoms with E-state index in [9.17, 15) is 19.2 Å². The van der Waals surface area contributed by atoms with E-state index in [2.05, 4.69) is 9.47 Å². The Hall–Kier alpha value is -1.98. The van der Waals surface area contributed by atoms with Crippen molar-refractivity contribution in [2.45, 2.75) is 0 Å². The standard InChI is InChI=1S/C12H8O6/c13-9-5-3-1-2-4(7(5)11(15)17-9)8-6(3)10(14)18-12(8)16/h1-8H/t3?,4?,5-,6-,7-,8-/m1/s1. The summed E-state index contributed by atoms with van der Waals surface area (Å²) in [5.41, 5.74) is 0. The summed E-state index contributed by atoms with van der Waals surface area (Å²) in [6.45, 7) is 0. The molecule has 0 N–H and O–H groups in total. The average Bonchev–Trinajstić information content (AvgIpc) is 2.81. The molecular formula is C12H8O6. The zero-order valence-corrected chi connectivity index (χ0v) is 9.07. The molecule has 0 aromatic heterocycles. The summed E-state index contributed by atoms with van der Waals surface area (Å²) < 4.78 is 9.29. The highest BCUT2D eigenvalue weighted by Gasteiger charge is 2.67. The maximum absolute atomic E-state index is 11.7. The number of cyclic esters (lactones) is 4. The lowest BCUT2D eigenvalue weighted by atomic mass is 9.54. The molecule has 2 saturated heterocycles. The Morgan fingerprint density at radius 3 is 1.17 bits per heavy atom. The van der Waals surface area contributed by atoms with Crippen molar-refractivity contribution in [3.8, 4) is 0 Å². The third-order valence-electron chi connectivity index (χ3n) is 4.48. The number of hydrogen-bond donors (Lipinski definition) is 0. The first-order valence-corrected chi connectivity index (χ1v) is 5.79. The molecule has 18 heavy (non-hydrogen) atoms. The fourth-order valence-electron chi connectivity index (χ4n) is 3.83. The summed E-state index contributed by atoms with van der Waals surface area (Å²) in [6, 6.07) is 0. The fraction of sp³-hybridized carbons (Fsp3) is 0.500. The predicted molar refractivity (Wildman–Crippen MR) is 52.3 cm³/mol. The maximum Gasteiger partial charge on any atom is 0.318 e. The number of hydrogen-bond acceptors (Lipinski definition) is 6. The van der Waals surface area contributed by atoms with Crippen LogP contribution in [0.15, 0.2) is 12.2 Å². The van der Waals surface area contributed by atoms with E-state index in [4.69, 9.17) is 0 Å². The molecule has 3 fully saturated rings. The summed E-state index contributed by atoms with van der Waals surface area (Å²) in [5.74, 6) is -5.79. The van der Waals surface area contributed by atoms with Gasteiger partial charge in [0, 0.05) is 11.8 Å². The fourth-order valence-corrected chi connectivity index (χ4v) is 3.83. The van der Waals surface area contributed by atoms with Crippen molar-refractivity contribution in [1.82, 2.24) is 0 Å². The van der Waals surface area contributed by atoms with E-state index in [0.29, 0.717) is 0 Å². The lowest BCUT2D eigenvalue weighted by Gasteiger charge is -2.42. The molecule has 0 spiro atoms. The monoisotopic (exact) mass is 248 g/mol. The van der Waals surface area contributed by atoms with Gasteiger partial charge >= 0.3 is 23.9 Å². The highest BCUT2D eigenvalue weighted by atomic mass is 16.6. The Morgan fingerprint density at radius 1 is 0.611 bits per heavy atom. The molecule has 5 rings (SSSR count). The minimum atomic E-state index is -0.632. The van der Waals surface area contributed by atoms with Crippen LogP contribution in [0.5, 0.6) is 0 Å². The Balaban J connectivity index is 1.88. The zero-order chi connectivity index (χ0) is 12.6. The van der Waals surface area contributed by atoms with Gasteiger partial charge in [-0.2, -0.15) is 0 Å². The molecule has 0 aromatic carbocycles. The normalized spacial score (nSPS) is 48.0. The molecule has 4 atom stereocenters. The molecule has 0 amide bonds. The van der Waals surface area contributed by atoms with Crippen molar-refractivity contribution in [1.29, 1.82) is 0 Å². The second-order valence-electron chi connectivity index (χ2n) is 5.12.